The van der Waals surface area contributed by atoms with E-state index in [0.29, 0.717) is 0 Å². The molecular formula is C12H21NO10S. The van der Waals surface area contributed by atoms with Crippen LogP contribution in [0.25, 0.3) is 0 Å². The van der Waals surface area contributed by atoms with Crippen LogP contribution in [0.15, 0.2) is 4.36 Å². The molecule has 9 atom stereocenters. The van der Waals surface area contributed by atoms with Crippen molar-refractivity contribution in [2.24, 2.45) is 4.36 Å². The molecule has 0 radical (unpaired) electrons. The summed E-state index contributed by atoms with van der Waals surface area (Å²) in [6.07, 6.45) is -13.0. The Morgan fingerprint density at radius 1 is 1.17 bits per heavy atom. The van der Waals surface area contributed by atoms with Crippen molar-refractivity contribution in [3.8, 4) is 0 Å². The van der Waals surface area contributed by atoms with Gasteiger partial charge in [0.1, 0.15) is 55.1 Å². The first-order valence-corrected chi connectivity index (χ1v) is 7.39. The summed E-state index contributed by atoms with van der Waals surface area (Å²) >= 11 is 4.40. The Morgan fingerprint density at radius 2 is 1.79 bits per heavy atom. The standard InChI is InChI=1S/C12H21NO10S/c14-1-4(13-24)11(7(18)5(17)2-15)23-12-10(21)9(20)8(19)6(3-16)22-12/h1,4-12,15-21H,2-3H2/t4-,5+,6+,7+,8-,9-,10+,11+,12?/m0/s1. The number of hydrogen-bond donors (Lipinski definition) is 7. The molecule has 1 aliphatic heterocycles. The lowest BCUT2D eigenvalue weighted by molar-refractivity contribution is -0.320. The van der Waals surface area contributed by atoms with E-state index in [0.717, 1.165) is 0 Å². The second-order valence-electron chi connectivity index (χ2n) is 5.27. The maximum Gasteiger partial charge on any atom is 0.187 e. The van der Waals surface area contributed by atoms with Crippen LogP contribution in [0.4, 0.5) is 0 Å². The summed E-state index contributed by atoms with van der Waals surface area (Å²) in [7, 11) is 0. The molecule has 0 aromatic heterocycles. The lowest BCUT2D eigenvalue weighted by Crippen LogP contribution is -2.61. The molecule has 0 spiro atoms. The smallest absolute Gasteiger partial charge is 0.187 e. The quantitative estimate of drug-likeness (QED) is 0.192. The molecule has 0 bridgehead atoms. The Bertz CT molecular complexity index is 405. The fraction of sp³-hybridized carbons (Fsp3) is 0.917. The number of aliphatic hydroxyl groups is 7. The number of nitrogens with zero attached hydrogens (tertiary/aromatic N) is 1. The molecule has 0 amide bonds. The second-order valence-corrected chi connectivity index (χ2v) is 5.48. The summed E-state index contributed by atoms with van der Waals surface area (Å²) in [5, 5.41) is 66.8. The van der Waals surface area contributed by atoms with Crippen LogP contribution >= 0.6 is 0 Å². The highest BCUT2D eigenvalue weighted by Crippen LogP contribution is 2.25. The van der Waals surface area contributed by atoms with Crippen LogP contribution in [-0.2, 0) is 26.7 Å². The van der Waals surface area contributed by atoms with Crippen molar-refractivity contribution >= 4 is 18.7 Å². The second kappa shape index (κ2) is 9.72. The van der Waals surface area contributed by atoms with Gasteiger partial charge in [0.25, 0.3) is 0 Å². The molecule has 11 nitrogen and oxygen atoms in total. The van der Waals surface area contributed by atoms with Gasteiger partial charge in [0.15, 0.2) is 6.29 Å². The van der Waals surface area contributed by atoms with E-state index in [4.69, 9.17) is 19.7 Å². The molecule has 24 heavy (non-hydrogen) atoms. The molecule has 0 aliphatic carbocycles. The summed E-state index contributed by atoms with van der Waals surface area (Å²) in [5.41, 5.74) is 0. The van der Waals surface area contributed by atoms with Crippen LogP contribution in [0.5, 0.6) is 0 Å². The normalized spacial score (nSPS) is 35.7. The third-order valence-corrected chi connectivity index (χ3v) is 3.90. The summed E-state index contributed by atoms with van der Waals surface area (Å²) in [5.74, 6) is 0. The summed E-state index contributed by atoms with van der Waals surface area (Å²) in [6.45, 7) is -1.57. The molecule has 1 rings (SSSR count). The van der Waals surface area contributed by atoms with Crippen LogP contribution in [0.1, 0.15) is 0 Å². The number of carbonyl (C=O) groups excluding carboxylic acids is 1. The largest absolute Gasteiger partial charge is 0.394 e. The van der Waals surface area contributed by atoms with E-state index >= 15 is 0 Å². The van der Waals surface area contributed by atoms with E-state index in [1.807, 2.05) is 0 Å². The van der Waals surface area contributed by atoms with Gasteiger partial charge < -0.3 is 50.0 Å². The van der Waals surface area contributed by atoms with E-state index < -0.39 is 68.3 Å². The van der Waals surface area contributed by atoms with Crippen LogP contribution in [0, 0.1) is 0 Å². The van der Waals surface area contributed by atoms with Crippen molar-refractivity contribution in [2.75, 3.05) is 13.2 Å². The SMILES string of the molecule is O=C[C@H](N=S)[C@@H](OC1O[C@H](CO)[C@H](O)[C@H](O)[C@H]1O)[C@H](O)[C@H](O)CO. The highest BCUT2D eigenvalue weighted by Gasteiger charge is 2.47. The number of ether oxygens (including phenoxy) is 2. The van der Waals surface area contributed by atoms with Gasteiger partial charge in [-0.2, -0.15) is 0 Å². The van der Waals surface area contributed by atoms with Gasteiger partial charge in [-0.25, -0.2) is 4.36 Å². The summed E-state index contributed by atoms with van der Waals surface area (Å²) < 4.78 is 13.5. The first kappa shape index (κ1) is 21.4. The van der Waals surface area contributed by atoms with Gasteiger partial charge in [-0.1, -0.05) is 0 Å². The average molecular weight is 371 g/mol. The molecule has 12 heteroatoms. The zero-order chi connectivity index (χ0) is 18.4. The molecule has 1 saturated heterocycles. The zero-order valence-electron chi connectivity index (χ0n) is 12.4. The van der Waals surface area contributed by atoms with Crippen molar-refractivity contribution in [2.45, 2.75) is 55.1 Å². The highest BCUT2D eigenvalue weighted by atomic mass is 32.1. The Hall–Kier alpha value is -0.670. The molecule has 1 unspecified atom stereocenters. The molecule has 1 fully saturated rings. The van der Waals surface area contributed by atoms with E-state index in [1.165, 1.54) is 0 Å². The third-order valence-electron chi connectivity index (χ3n) is 3.66. The minimum atomic E-state index is -1.83. The lowest BCUT2D eigenvalue weighted by atomic mass is 9.98. The van der Waals surface area contributed by atoms with Gasteiger partial charge in [0.05, 0.1) is 13.2 Å². The summed E-state index contributed by atoms with van der Waals surface area (Å²) in [4.78, 5) is 11.0. The van der Waals surface area contributed by atoms with Gasteiger partial charge in [0.2, 0.25) is 0 Å². The predicted molar refractivity (Wildman–Crippen MR) is 77.4 cm³/mol. The van der Waals surface area contributed by atoms with Gasteiger partial charge in [-0.3, -0.25) is 0 Å². The first-order valence-electron chi connectivity index (χ1n) is 7.03. The Labute approximate surface area is 142 Å². The van der Waals surface area contributed by atoms with Crippen LogP contribution < -0.4 is 0 Å². The van der Waals surface area contributed by atoms with E-state index in [1.54, 1.807) is 0 Å². The lowest BCUT2D eigenvalue weighted by Gasteiger charge is -2.41. The van der Waals surface area contributed by atoms with Crippen molar-refractivity contribution in [3.05, 3.63) is 0 Å². The Balaban J connectivity index is 2.99. The van der Waals surface area contributed by atoms with Gasteiger partial charge in [-0.05, 0) is 0 Å². The number of rotatable bonds is 9. The van der Waals surface area contributed by atoms with E-state index in [2.05, 4.69) is 16.8 Å². The number of hydrogen-bond acceptors (Lipinski definition) is 12. The van der Waals surface area contributed by atoms with Crippen molar-refractivity contribution in [1.82, 2.24) is 0 Å². The highest BCUT2D eigenvalue weighted by molar-refractivity contribution is 7.47. The third kappa shape index (κ3) is 4.70. The zero-order valence-corrected chi connectivity index (χ0v) is 13.2. The Morgan fingerprint density at radius 3 is 2.25 bits per heavy atom. The maximum atomic E-state index is 11.0. The molecular weight excluding hydrogens is 350 g/mol. The molecule has 140 valence electrons. The van der Waals surface area contributed by atoms with Crippen molar-refractivity contribution in [3.63, 3.8) is 0 Å². The number of carbonyl (C=O) groups is 1. The monoisotopic (exact) mass is 371 g/mol. The predicted octanol–water partition coefficient (Wildman–Crippen LogP) is -4.82. The van der Waals surface area contributed by atoms with Crippen LogP contribution in [-0.4, -0.2) is 110 Å². The fourth-order valence-corrected chi connectivity index (χ4v) is 2.36. The molecule has 0 saturated carbocycles. The molecule has 1 heterocycles. The van der Waals surface area contributed by atoms with Crippen molar-refractivity contribution in [1.29, 1.82) is 0 Å². The van der Waals surface area contributed by atoms with Crippen LogP contribution in [0.2, 0.25) is 0 Å². The minimum Gasteiger partial charge on any atom is -0.394 e. The molecule has 1 aliphatic rings. The molecule has 7 N–H and O–H groups in total. The van der Waals surface area contributed by atoms with Gasteiger partial charge in [0, 0.05) is 12.4 Å². The molecule has 0 aromatic carbocycles. The number of aldehydes is 1. The minimum absolute atomic E-state index is 0.217. The topological polar surface area (TPSA) is 189 Å². The van der Waals surface area contributed by atoms with E-state index in [-0.39, 0.29) is 6.29 Å². The fourth-order valence-electron chi connectivity index (χ4n) is 2.19. The number of aliphatic hydroxyl groups excluding tert-OH is 7. The van der Waals surface area contributed by atoms with Gasteiger partial charge in [-0.15, -0.1) is 0 Å². The maximum absolute atomic E-state index is 11.0. The average Bonchev–Trinajstić information content (AvgIpc) is 2.60. The Kier molecular flexibility index (Phi) is 8.66. The first-order chi connectivity index (χ1) is 11.3. The van der Waals surface area contributed by atoms with E-state index in [9.17, 15) is 30.3 Å². The van der Waals surface area contributed by atoms with Crippen LogP contribution in [0.3, 0.4) is 0 Å². The van der Waals surface area contributed by atoms with Gasteiger partial charge >= 0.3 is 0 Å². The summed E-state index contributed by atoms with van der Waals surface area (Å²) in [6, 6.07) is -1.46. The van der Waals surface area contributed by atoms with Crippen molar-refractivity contribution < 1.29 is 50.0 Å². The molecule has 0 aromatic rings.